The van der Waals surface area contributed by atoms with E-state index in [1.54, 1.807) is 0 Å². The third kappa shape index (κ3) is 1.86. The molecule has 3 fully saturated rings. The van der Waals surface area contributed by atoms with E-state index < -0.39 is 0 Å². The van der Waals surface area contributed by atoms with Crippen molar-refractivity contribution in [3.8, 4) is 0 Å². The number of likely N-dealkylation sites (tertiary alicyclic amines) is 1. The Balaban J connectivity index is 1.52. The molecule has 2 heterocycles. The van der Waals surface area contributed by atoms with Crippen LogP contribution in [0.25, 0.3) is 0 Å². The van der Waals surface area contributed by atoms with E-state index in [-0.39, 0.29) is 6.04 Å². The topological polar surface area (TPSA) is 42.2 Å². The van der Waals surface area contributed by atoms with Crippen molar-refractivity contribution in [3.63, 3.8) is 0 Å². The van der Waals surface area contributed by atoms with Gasteiger partial charge in [0.1, 0.15) is 6.04 Å². The average molecular weight is 222 g/mol. The van der Waals surface area contributed by atoms with E-state index in [9.17, 15) is 4.79 Å². The molecule has 3 aliphatic rings. The summed E-state index contributed by atoms with van der Waals surface area (Å²) in [4.78, 5) is 14.3. The molecule has 3 atom stereocenters. The summed E-state index contributed by atoms with van der Waals surface area (Å²) in [6, 6.07) is 0.712. The SMILES string of the molecule is CC(C)C1CCN(C(=O)[C@@H]2N[C@H]2C2CC2)C1. The summed E-state index contributed by atoms with van der Waals surface area (Å²) >= 11 is 0. The van der Waals surface area contributed by atoms with Gasteiger partial charge in [-0.05, 0) is 37.0 Å². The van der Waals surface area contributed by atoms with Gasteiger partial charge in [-0.1, -0.05) is 13.8 Å². The molecule has 1 N–H and O–H groups in total. The Bertz CT molecular complexity index is 298. The fourth-order valence-corrected chi connectivity index (χ4v) is 2.97. The molecule has 2 aliphatic heterocycles. The minimum absolute atomic E-state index is 0.179. The Labute approximate surface area is 97.6 Å². The first kappa shape index (κ1) is 10.6. The van der Waals surface area contributed by atoms with Gasteiger partial charge in [-0.3, -0.25) is 10.1 Å². The van der Waals surface area contributed by atoms with Crippen LogP contribution < -0.4 is 5.32 Å². The van der Waals surface area contributed by atoms with Crippen molar-refractivity contribution in [2.24, 2.45) is 17.8 Å². The van der Waals surface area contributed by atoms with Gasteiger partial charge in [0.25, 0.3) is 0 Å². The number of hydrogen-bond donors (Lipinski definition) is 1. The van der Waals surface area contributed by atoms with Crippen molar-refractivity contribution in [2.45, 2.75) is 45.2 Å². The Hall–Kier alpha value is -0.570. The van der Waals surface area contributed by atoms with E-state index in [1.807, 2.05) is 0 Å². The number of carbonyl (C=O) groups excluding carboxylic acids is 1. The van der Waals surface area contributed by atoms with Gasteiger partial charge in [-0.15, -0.1) is 0 Å². The lowest BCUT2D eigenvalue weighted by molar-refractivity contribution is -0.129. The van der Waals surface area contributed by atoms with Crippen LogP contribution in [0.5, 0.6) is 0 Å². The molecule has 3 heteroatoms. The van der Waals surface area contributed by atoms with Gasteiger partial charge < -0.3 is 4.90 Å². The van der Waals surface area contributed by atoms with Crippen LogP contribution in [0.1, 0.15) is 33.1 Å². The van der Waals surface area contributed by atoms with Crippen molar-refractivity contribution in [1.82, 2.24) is 10.2 Å². The van der Waals surface area contributed by atoms with Crippen molar-refractivity contribution < 1.29 is 4.79 Å². The molecular formula is C13H22N2O. The van der Waals surface area contributed by atoms with Gasteiger partial charge in [0.15, 0.2) is 0 Å². The smallest absolute Gasteiger partial charge is 0.241 e. The molecular weight excluding hydrogens is 200 g/mol. The van der Waals surface area contributed by atoms with Crippen molar-refractivity contribution in [3.05, 3.63) is 0 Å². The molecule has 90 valence electrons. The third-order valence-electron chi connectivity index (χ3n) is 4.50. The van der Waals surface area contributed by atoms with Crippen LogP contribution in [-0.4, -0.2) is 36.0 Å². The molecule has 3 nitrogen and oxygen atoms in total. The second kappa shape index (κ2) is 3.73. The molecule has 16 heavy (non-hydrogen) atoms. The second-order valence-electron chi connectivity index (χ2n) is 6.08. The monoisotopic (exact) mass is 222 g/mol. The standard InChI is InChI=1S/C13H22N2O/c1-8(2)10-5-6-15(7-10)13(16)12-11(14-12)9-3-4-9/h8-12,14H,3-7H2,1-2H3/t10?,11-,12+/m0/s1. The van der Waals surface area contributed by atoms with Gasteiger partial charge in [0, 0.05) is 19.1 Å². The maximum absolute atomic E-state index is 12.2. The van der Waals surface area contributed by atoms with Crippen molar-refractivity contribution >= 4 is 5.91 Å². The van der Waals surface area contributed by atoms with Crippen LogP contribution in [0.2, 0.25) is 0 Å². The predicted molar refractivity (Wildman–Crippen MR) is 63.0 cm³/mol. The molecule has 0 aromatic rings. The number of carbonyl (C=O) groups is 1. The van der Waals surface area contributed by atoms with Crippen LogP contribution in [0.3, 0.4) is 0 Å². The summed E-state index contributed by atoms with van der Waals surface area (Å²) in [7, 11) is 0. The van der Waals surface area contributed by atoms with E-state index in [2.05, 4.69) is 24.1 Å². The molecule has 0 radical (unpaired) electrons. The summed E-state index contributed by atoms with van der Waals surface area (Å²) in [5.41, 5.74) is 0. The summed E-state index contributed by atoms with van der Waals surface area (Å²) < 4.78 is 0. The number of nitrogens with one attached hydrogen (secondary N) is 1. The zero-order chi connectivity index (χ0) is 11.3. The number of hydrogen-bond acceptors (Lipinski definition) is 2. The van der Waals surface area contributed by atoms with E-state index in [0.717, 1.165) is 24.9 Å². The third-order valence-corrected chi connectivity index (χ3v) is 4.50. The Morgan fingerprint density at radius 2 is 2.06 bits per heavy atom. The molecule has 1 amide bonds. The Morgan fingerprint density at radius 3 is 2.62 bits per heavy atom. The molecule has 1 unspecified atom stereocenters. The van der Waals surface area contributed by atoms with Gasteiger partial charge in [-0.2, -0.15) is 0 Å². The van der Waals surface area contributed by atoms with Crippen molar-refractivity contribution in [2.75, 3.05) is 13.1 Å². The highest BCUT2D eigenvalue weighted by Gasteiger charge is 2.52. The molecule has 1 aliphatic carbocycles. The molecule has 2 saturated heterocycles. The van der Waals surface area contributed by atoms with E-state index in [1.165, 1.54) is 19.3 Å². The van der Waals surface area contributed by atoms with Crippen LogP contribution >= 0.6 is 0 Å². The van der Waals surface area contributed by atoms with E-state index in [0.29, 0.717) is 17.9 Å². The maximum Gasteiger partial charge on any atom is 0.241 e. The fraction of sp³-hybridized carbons (Fsp3) is 0.923. The van der Waals surface area contributed by atoms with Crippen LogP contribution in [0, 0.1) is 17.8 Å². The fourth-order valence-electron chi connectivity index (χ4n) is 2.97. The number of amides is 1. The lowest BCUT2D eigenvalue weighted by atomic mass is 9.95. The van der Waals surface area contributed by atoms with E-state index >= 15 is 0 Å². The first-order valence-corrected chi connectivity index (χ1v) is 6.71. The van der Waals surface area contributed by atoms with Gasteiger partial charge in [0.05, 0.1) is 0 Å². The Kier molecular flexibility index (Phi) is 2.46. The highest BCUT2D eigenvalue weighted by atomic mass is 16.2. The molecule has 0 aromatic heterocycles. The second-order valence-corrected chi connectivity index (χ2v) is 6.08. The van der Waals surface area contributed by atoms with Crippen LogP contribution in [-0.2, 0) is 4.79 Å². The highest BCUT2D eigenvalue weighted by Crippen LogP contribution is 2.40. The lowest BCUT2D eigenvalue weighted by Gasteiger charge is -2.17. The zero-order valence-corrected chi connectivity index (χ0v) is 10.3. The van der Waals surface area contributed by atoms with Gasteiger partial charge in [-0.25, -0.2) is 0 Å². The molecule has 1 saturated carbocycles. The molecule has 0 bridgehead atoms. The summed E-state index contributed by atoms with van der Waals surface area (Å²) in [6.45, 7) is 6.51. The largest absolute Gasteiger partial charge is 0.341 e. The minimum atomic E-state index is 0.179. The maximum atomic E-state index is 12.2. The zero-order valence-electron chi connectivity index (χ0n) is 10.3. The first-order valence-electron chi connectivity index (χ1n) is 6.71. The average Bonchev–Trinajstić information content (AvgIpc) is 3.11. The predicted octanol–water partition coefficient (Wildman–Crippen LogP) is 1.24. The number of rotatable bonds is 3. The molecule has 0 aromatic carbocycles. The van der Waals surface area contributed by atoms with Crippen LogP contribution in [0.15, 0.2) is 0 Å². The first-order chi connectivity index (χ1) is 7.66. The minimum Gasteiger partial charge on any atom is -0.341 e. The quantitative estimate of drug-likeness (QED) is 0.730. The normalized spacial score (nSPS) is 38.2. The number of nitrogens with zero attached hydrogens (tertiary/aromatic N) is 1. The summed E-state index contributed by atoms with van der Waals surface area (Å²) in [5, 5.41) is 3.36. The highest BCUT2D eigenvalue weighted by molar-refractivity contribution is 5.86. The molecule has 0 spiro atoms. The van der Waals surface area contributed by atoms with Gasteiger partial charge in [0.2, 0.25) is 5.91 Å². The van der Waals surface area contributed by atoms with E-state index in [4.69, 9.17) is 0 Å². The van der Waals surface area contributed by atoms with Crippen molar-refractivity contribution in [1.29, 1.82) is 0 Å². The lowest BCUT2D eigenvalue weighted by Crippen LogP contribution is -2.34. The summed E-state index contributed by atoms with van der Waals surface area (Å²) in [5.74, 6) is 2.63. The van der Waals surface area contributed by atoms with Gasteiger partial charge >= 0.3 is 0 Å². The molecule has 3 rings (SSSR count). The Morgan fingerprint density at radius 1 is 1.31 bits per heavy atom. The summed E-state index contributed by atoms with van der Waals surface area (Å²) in [6.07, 6.45) is 3.86. The van der Waals surface area contributed by atoms with Crippen LogP contribution in [0.4, 0.5) is 0 Å².